The molecule has 1 aliphatic heterocycles. The number of rotatable bonds is 3. The van der Waals surface area contributed by atoms with Gasteiger partial charge >= 0.3 is 6.18 Å². The van der Waals surface area contributed by atoms with Crippen LogP contribution in [0.3, 0.4) is 0 Å². The van der Waals surface area contributed by atoms with Crippen LogP contribution in [0.4, 0.5) is 13.2 Å². The molecule has 2 aromatic carbocycles. The van der Waals surface area contributed by atoms with Gasteiger partial charge in [0.2, 0.25) is 0 Å². The summed E-state index contributed by atoms with van der Waals surface area (Å²) in [6.45, 7) is 2.81. The van der Waals surface area contributed by atoms with Gasteiger partial charge in [-0.15, -0.1) is 0 Å². The van der Waals surface area contributed by atoms with Crippen molar-refractivity contribution in [1.82, 2.24) is 4.90 Å². The van der Waals surface area contributed by atoms with E-state index >= 15 is 0 Å². The van der Waals surface area contributed by atoms with Crippen LogP contribution in [0.15, 0.2) is 52.9 Å². The lowest BCUT2D eigenvalue weighted by Crippen LogP contribution is -2.38. The molecular formula is C23H22F3NO2. The van der Waals surface area contributed by atoms with Crippen LogP contribution in [0.1, 0.15) is 52.9 Å². The summed E-state index contributed by atoms with van der Waals surface area (Å²) in [5.41, 5.74) is 1.32. The first-order chi connectivity index (χ1) is 13.9. The minimum atomic E-state index is -4.37. The number of fused-ring (bicyclic) bond motifs is 1. The number of amides is 1. The maximum atomic E-state index is 13.3. The molecule has 0 spiro atoms. The van der Waals surface area contributed by atoms with Crippen LogP contribution in [-0.4, -0.2) is 23.9 Å². The van der Waals surface area contributed by atoms with Crippen LogP contribution < -0.4 is 0 Å². The fraction of sp³-hybridized carbons (Fsp3) is 0.348. The molecule has 0 saturated carbocycles. The summed E-state index contributed by atoms with van der Waals surface area (Å²) in [5, 5.41) is 0.937. The van der Waals surface area contributed by atoms with Crippen LogP contribution in [0.2, 0.25) is 0 Å². The average Bonchev–Trinajstić information content (AvgIpc) is 3.11. The zero-order valence-electron chi connectivity index (χ0n) is 16.1. The number of piperidine rings is 1. The first-order valence-corrected chi connectivity index (χ1v) is 9.86. The van der Waals surface area contributed by atoms with Crippen molar-refractivity contribution in [3.63, 3.8) is 0 Å². The van der Waals surface area contributed by atoms with Gasteiger partial charge in [0.1, 0.15) is 5.58 Å². The number of nitrogens with zero attached hydrogens (tertiary/aromatic N) is 1. The molecule has 3 nitrogen and oxygen atoms in total. The van der Waals surface area contributed by atoms with E-state index in [0.29, 0.717) is 49.3 Å². The number of aryl methyl sites for hydroxylation is 1. The molecule has 1 saturated heterocycles. The highest BCUT2D eigenvalue weighted by molar-refractivity contribution is 5.99. The number of carbonyl (C=O) groups is 1. The van der Waals surface area contributed by atoms with E-state index in [-0.39, 0.29) is 11.8 Å². The Labute approximate surface area is 167 Å². The lowest BCUT2D eigenvalue weighted by Gasteiger charge is -2.33. The van der Waals surface area contributed by atoms with Crippen molar-refractivity contribution in [2.24, 2.45) is 0 Å². The van der Waals surface area contributed by atoms with Gasteiger partial charge in [0.15, 0.2) is 5.76 Å². The molecule has 0 bridgehead atoms. The predicted octanol–water partition coefficient (Wildman–Crippen LogP) is 6.03. The quantitative estimate of drug-likeness (QED) is 0.537. The Bertz CT molecular complexity index is 1030. The molecule has 3 aromatic rings. The Balaban J connectivity index is 1.53. The number of furan rings is 1. The number of carbonyl (C=O) groups excluding carboxylic acids is 1. The molecule has 1 aromatic heterocycles. The molecular weight excluding hydrogens is 379 g/mol. The van der Waals surface area contributed by atoms with Crippen molar-refractivity contribution in [2.75, 3.05) is 13.1 Å². The molecule has 0 N–H and O–H groups in total. The molecule has 0 radical (unpaired) electrons. The first-order valence-electron chi connectivity index (χ1n) is 9.86. The standard InChI is InChI=1S/C23H22F3NO2/c1-2-16-18-8-4-6-10-20(18)29-21(16)22(28)27-13-11-15(12-14-27)17-7-3-5-9-19(17)23(24,25)26/h3-10,15H,2,11-14H2,1H3. The zero-order valence-corrected chi connectivity index (χ0v) is 16.1. The molecule has 2 heterocycles. The second kappa shape index (κ2) is 7.58. The summed E-state index contributed by atoms with van der Waals surface area (Å²) in [6.07, 6.45) is -2.69. The molecule has 4 rings (SSSR count). The molecule has 1 amide bonds. The minimum Gasteiger partial charge on any atom is -0.451 e. The Morgan fingerprint density at radius 2 is 1.72 bits per heavy atom. The average molecular weight is 401 g/mol. The van der Waals surface area contributed by atoms with E-state index in [1.165, 1.54) is 6.07 Å². The lowest BCUT2D eigenvalue weighted by atomic mass is 9.86. The molecule has 0 aliphatic carbocycles. The monoisotopic (exact) mass is 401 g/mol. The van der Waals surface area contributed by atoms with Crippen molar-refractivity contribution in [2.45, 2.75) is 38.3 Å². The molecule has 1 aliphatic rings. The maximum Gasteiger partial charge on any atom is 0.416 e. The number of likely N-dealkylation sites (tertiary alicyclic amines) is 1. The Hall–Kier alpha value is -2.76. The third-order valence-corrected chi connectivity index (χ3v) is 5.73. The van der Waals surface area contributed by atoms with E-state index in [4.69, 9.17) is 4.42 Å². The molecule has 6 heteroatoms. The van der Waals surface area contributed by atoms with Gasteiger partial charge in [-0.05, 0) is 42.9 Å². The number of alkyl halides is 3. The second-order valence-electron chi connectivity index (χ2n) is 7.41. The summed E-state index contributed by atoms with van der Waals surface area (Å²) in [6, 6.07) is 13.3. The topological polar surface area (TPSA) is 33.5 Å². The van der Waals surface area contributed by atoms with E-state index in [9.17, 15) is 18.0 Å². The van der Waals surface area contributed by atoms with Crippen molar-refractivity contribution < 1.29 is 22.4 Å². The smallest absolute Gasteiger partial charge is 0.416 e. The number of halogens is 3. The normalized spacial score (nSPS) is 15.8. The second-order valence-corrected chi connectivity index (χ2v) is 7.41. The van der Waals surface area contributed by atoms with E-state index in [1.54, 1.807) is 17.0 Å². The highest BCUT2D eigenvalue weighted by Gasteiger charge is 2.36. The molecule has 29 heavy (non-hydrogen) atoms. The fourth-order valence-electron chi connectivity index (χ4n) is 4.27. The van der Waals surface area contributed by atoms with Gasteiger partial charge in [-0.1, -0.05) is 43.3 Å². The third kappa shape index (κ3) is 3.63. The van der Waals surface area contributed by atoms with Gasteiger partial charge in [0.25, 0.3) is 5.91 Å². The summed E-state index contributed by atoms with van der Waals surface area (Å²) >= 11 is 0. The van der Waals surface area contributed by atoms with Crippen molar-refractivity contribution >= 4 is 16.9 Å². The largest absolute Gasteiger partial charge is 0.451 e. The maximum absolute atomic E-state index is 13.3. The zero-order chi connectivity index (χ0) is 20.6. The van der Waals surface area contributed by atoms with Gasteiger partial charge in [-0.2, -0.15) is 13.2 Å². The number of hydrogen-bond acceptors (Lipinski definition) is 2. The highest BCUT2D eigenvalue weighted by Crippen LogP contribution is 2.39. The number of hydrogen-bond donors (Lipinski definition) is 0. The Morgan fingerprint density at radius 1 is 1.07 bits per heavy atom. The van der Waals surface area contributed by atoms with Gasteiger partial charge in [-0.25, -0.2) is 0 Å². The van der Waals surface area contributed by atoms with E-state index in [2.05, 4.69) is 0 Å². The van der Waals surface area contributed by atoms with Gasteiger partial charge in [-0.3, -0.25) is 4.79 Å². The van der Waals surface area contributed by atoms with E-state index in [0.717, 1.165) is 17.0 Å². The van der Waals surface area contributed by atoms with Gasteiger partial charge < -0.3 is 9.32 Å². The summed E-state index contributed by atoms with van der Waals surface area (Å²) in [4.78, 5) is 14.8. The highest BCUT2D eigenvalue weighted by atomic mass is 19.4. The SMILES string of the molecule is CCc1c(C(=O)N2CCC(c3ccccc3C(F)(F)F)CC2)oc2ccccc12. The van der Waals surface area contributed by atoms with Crippen molar-refractivity contribution in [3.05, 3.63) is 71.0 Å². The van der Waals surface area contributed by atoms with Crippen LogP contribution in [-0.2, 0) is 12.6 Å². The third-order valence-electron chi connectivity index (χ3n) is 5.73. The van der Waals surface area contributed by atoms with Crippen LogP contribution in [0.25, 0.3) is 11.0 Å². The first kappa shape index (κ1) is 19.6. The van der Waals surface area contributed by atoms with Gasteiger partial charge in [0.05, 0.1) is 5.56 Å². The fourth-order valence-corrected chi connectivity index (χ4v) is 4.27. The van der Waals surface area contributed by atoms with Crippen LogP contribution in [0, 0.1) is 0 Å². The summed E-state index contributed by atoms with van der Waals surface area (Å²) in [5.74, 6) is -0.0401. The number of benzene rings is 2. The minimum absolute atomic E-state index is 0.180. The predicted molar refractivity (Wildman–Crippen MR) is 105 cm³/mol. The van der Waals surface area contributed by atoms with Gasteiger partial charge in [0, 0.05) is 24.0 Å². The van der Waals surface area contributed by atoms with Crippen LogP contribution in [0.5, 0.6) is 0 Å². The Kier molecular flexibility index (Phi) is 5.11. The lowest BCUT2D eigenvalue weighted by molar-refractivity contribution is -0.138. The molecule has 0 atom stereocenters. The Morgan fingerprint density at radius 3 is 2.41 bits per heavy atom. The van der Waals surface area contributed by atoms with Crippen LogP contribution >= 0.6 is 0 Å². The van der Waals surface area contributed by atoms with E-state index in [1.807, 2.05) is 31.2 Å². The summed E-state index contributed by atoms with van der Waals surface area (Å²) < 4.78 is 45.9. The molecule has 0 unspecified atom stereocenters. The van der Waals surface area contributed by atoms with Crippen molar-refractivity contribution in [1.29, 1.82) is 0 Å². The number of para-hydroxylation sites is 1. The molecule has 152 valence electrons. The van der Waals surface area contributed by atoms with E-state index < -0.39 is 11.7 Å². The van der Waals surface area contributed by atoms with Crippen molar-refractivity contribution in [3.8, 4) is 0 Å². The molecule has 1 fully saturated rings. The summed E-state index contributed by atoms with van der Waals surface area (Å²) in [7, 11) is 0.